The number of hydrogen-bond acceptors (Lipinski definition) is 9. The number of esters is 1. The molecule has 0 bridgehead atoms. The van der Waals surface area contributed by atoms with Gasteiger partial charge in [0.05, 0.1) is 41.6 Å². The average Bonchev–Trinajstić information content (AvgIpc) is 3.55. The number of rotatable bonds is 9. The molecule has 0 saturated carbocycles. The van der Waals surface area contributed by atoms with E-state index in [1.54, 1.807) is 32.4 Å². The van der Waals surface area contributed by atoms with E-state index < -0.39 is 12.1 Å². The summed E-state index contributed by atoms with van der Waals surface area (Å²) in [6.07, 6.45) is 4.84. The Morgan fingerprint density at radius 1 is 1.20 bits per heavy atom. The lowest BCUT2D eigenvalue weighted by Crippen LogP contribution is -2.55. The Morgan fingerprint density at radius 3 is 2.68 bits per heavy atom. The van der Waals surface area contributed by atoms with Crippen molar-refractivity contribution < 1.29 is 19.1 Å². The molecule has 10 nitrogen and oxygen atoms in total. The van der Waals surface area contributed by atoms with Crippen LogP contribution in [0.15, 0.2) is 48.9 Å². The first-order valence-corrected chi connectivity index (χ1v) is 14.6. The van der Waals surface area contributed by atoms with E-state index in [0.29, 0.717) is 58.2 Å². The van der Waals surface area contributed by atoms with Gasteiger partial charge in [-0.05, 0) is 25.8 Å². The topological polar surface area (TPSA) is 122 Å². The van der Waals surface area contributed by atoms with Gasteiger partial charge in [-0.2, -0.15) is 0 Å². The number of nitrogens with zero attached hydrogens (tertiary/aromatic N) is 4. The predicted octanol–water partition coefficient (Wildman–Crippen LogP) is 5.31. The van der Waals surface area contributed by atoms with Gasteiger partial charge in [0, 0.05) is 31.2 Å². The highest BCUT2D eigenvalue weighted by Gasteiger charge is 2.35. The van der Waals surface area contributed by atoms with Crippen molar-refractivity contribution in [3.8, 4) is 11.4 Å². The summed E-state index contributed by atoms with van der Waals surface area (Å²) in [7, 11) is 0. The summed E-state index contributed by atoms with van der Waals surface area (Å²) in [4.78, 5) is 44.6. The van der Waals surface area contributed by atoms with Crippen molar-refractivity contribution >= 4 is 51.5 Å². The van der Waals surface area contributed by atoms with E-state index in [0.717, 1.165) is 5.56 Å². The van der Waals surface area contributed by atoms with Crippen molar-refractivity contribution in [2.75, 3.05) is 24.6 Å². The molecule has 5 rings (SSSR count). The largest absolute Gasteiger partial charge is 0.462 e. The molecule has 41 heavy (non-hydrogen) atoms. The molecule has 1 amide bonds. The second-order valence-corrected chi connectivity index (χ2v) is 11.1. The number of thiazole rings is 1. The third-order valence-electron chi connectivity index (χ3n) is 6.62. The fourth-order valence-electron chi connectivity index (χ4n) is 4.54. The normalized spacial score (nSPS) is 16.9. The molecule has 0 aliphatic carbocycles. The van der Waals surface area contributed by atoms with Gasteiger partial charge in [0.2, 0.25) is 0 Å². The SMILES string of the molecule is CCOC(=O)c1sc(N2CC[C@@H](NC(=O)c3[nH]c(C)c(Cl)c3Cl)[C@@H](OCc3ccccc3)C2)nc1-c1cnccn1. The number of H-pyrrole nitrogens is 1. The minimum atomic E-state index is -0.465. The standard InChI is InChI=1S/C28H28Cl2N6O4S/c1-3-39-27(38)25-23(19-13-31-10-11-32-19)35-28(41-25)36-12-9-18(20(14-36)40-15-17-7-5-4-6-8-17)34-26(37)24-22(30)21(29)16(2)33-24/h4-8,10-11,13,18,20,33H,3,9,12,14-15H2,1-2H3,(H,34,37)/t18-,20+/m1/s1. The van der Waals surface area contributed by atoms with Gasteiger partial charge in [0.1, 0.15) is 22.0 Å². The molecular weight excluding hydrogens is 587 g/mol. The maximum atomic E-state index is 13.2. The zero-order valence-corrected chi connectivity index (χ0v) is 24.7. The van der Waals surface area contributed by atoms with Crippen molar-refractivity contribution in [1.82, 2.24) is 25.3 Å². The van der Waals surface area contributed by atoms with Crippen LogP contribution in [-0.4, -0.2) is 63.7 Å². The van der Waals surface area contributed by atoms with E-state index in [-0.39, 0.29) is 29.3 Å². The molecule has 0 spiro atoms. The number of aromatic amines is 1. The van der Waals surface area contributed by atoms with Crippen molar-refractivity contribution in [2.45, 2.75) is 39.0 Å². The quantitative estimate of drug-likeness (QED) is 0.243. The molecule has 13 heteroatoms. The highest BCUT2D eigenvalue weighted by molar-refractivity contribution is 7.17. The fraction of sp³-hybridized carbons (Fsp3) is 0.321. The maximum Gasteiger partial charge on any atom is 0.350 e. The van der Waals surface area contributed by atoms with Gasteiger partial charge in [-0.25, -0.2) is 9.78 Å². The number of anilines is 1. The summed E-state index contributed by atoms with van der Waals surface area (Å²) in [5.74, 6) is -0.826. The van der Waals surface area contributed by atoms with Crippen LogP contribution >= 0.6 is 34.5 Å². The van der Waals surface area contributed by atoms with Gasteiger partial charge in [-0.3, -0.25) is 14.8 Å². The summed E-state index contributed by atoms with van der Waals surface area (Å²) in [5, 5.41) is 4.21. The number of benzene rings is 1. The van der Waals surface area contributed by atoms with Crippen molar-refractivity contribution in [1.29, 1.82) is 0 Å². The van der Waals surface area contributed by atoms with E-state index >= 15 is 0 Å². The summed E-state index contributed by atoms with van der Waals surface area (Å²) in [5.41, 5.74) is 2.74. The molecule has 3 aromatic heterocycles. The molecule has 0 unspecified atom stereocenters. The van der Waals surface area contributed by atoms with Crippen LogP contribution < -0.4 is 10.2 Å². The Bertz CT molecular complexity index is 1510. The first kappa shape index (κ1) is 29.0. The highest BCUT2D eigenvalue weighted by Crippen LogP contribution is 2.35. The number of ether oxygens (including phenoxy) is 2. The molecule has 1 aliphatic rings. The molecule has 2 N–H and O–H groups in total. The zero-order valence-electron chi connectivity index (χ0n) is 22.4. The fourth-order valence-corrected chi connectivity index (χ4v) is 5.96. The summed E-state index contributed by atoms with van der Waals surface area (Å²) < 4.78 is 11.7. The summed E-state index contributed by atoms with van der Waals surface area (Å²) >= 11 is 13.7. The number of aryl methyl sites for hydroxylation is 1. The van der Waals surface area contributed by atoms with Crippen LogP contribution in [0.4, 0.5) is 5.13 Å². The second kappa shape index (κ2) is 13.0. The molecule has 214 valence electrons. The molecule has 4 aromatic rings. The van der Waals surface area contributed by atoms with Crippen LogP contribution in [0.2, 0.25) is 10.0 Å². The number of amides is 1. The first-order chi connectivity index (χ1) is 19.9. The lowest BCUT2D eigenvalue weighted by Gasteiger charge is -2.38. The molecule has 0 radical (unpaired) electrons. The molecule has 1 fully saturated rings. The Hall–Kier alpha value is -3.51. The third-order valence-corrected chi connectivity index (χ3v) is 8.66. The van der Waals surface area contributed by atoms with E-state index in [1.807, 2.05) is 35.2 Å². The number of carbonyl (C=O) groups is 2. The van der Waals surface area contributed by atoms with Crippen molar-refractivity contribution in [3.05, 3.63) is 80.8 Å². The first-order valence-electron chi connectivity index (χ1n) is 13.0. The number of carbonyl (C=O) groups excluding carboxylic acids is 2. The van der Waals surface area contributed by atoms with Crippen LogP contribution in [-0.2, 0) is 16.1 Å². The van der Waals surface area contributed by atoms with E-state index in [1.165, 1.54) is 11.3 Å². The molecule has 4 heterocycles. The second-order valence-electron chi connectivity index (χ2n) is 9.39. The number of halogens is 2. The lowest BCUT2D eigenvalue weighted by atomic mass is 10.0. The van der Waals surface area contributed by atoms with E-state index in [2.05, 4.69) is 20.3 Å². The summed E-state index contributed by atoms with van der Waals surface area (Å²) in [6, 6.07) is 9.50. The van der Waals surface area contributed by atoms with Gasteiger partial charge >= 0.3 is 5.97 Å². The molecule has 1 aromatic carbocycles. The average molecular weight is 616 g/mol. The lowest BCUT2D eigenvalue weighted by molar-refractivity contribution is 0.00967. The van der Waals surface area contributed by atoms with Crippen LogP contribution in [0, 0.1) is 6.92 Å². The maximum absolute atomic E-state index is 13.2. The van der Waals surface area contributed by atoms with Crippen LogP contribution in [0.3, 0.4) is 0 Å². The zero-order chi connectivity index (χ0) is 28.9. The Balaban J connectivity index is 1.40. The number of piperidine rings is 1. The molecular formula is C28H28Cl2N6O4S. The monoisotopic (exact) mass is 614 g/mol. The van der Waals surface area contributed by atoms with Crippen LogP contribution in [0.25, 0.3) is 11.4 Å². The minimum absolute atomic E-state index is 0.187. The van der Waals surface area contributed by atoms with Gasteiger partial charge in [-0.1, -0.05) is 64.9 Å². The Kier molecular flexibility index (Phi) is 9.19. The number of nitrogens with one attached hydrogen (secondary N) is 2. The van der Waals surface area contributed by atoms with E-state index in [4.69, 9.17) is 37.7 Å². The molecule has 1 saturated heterocycles. The number of aromatic nitrogens is 4. The molecule has 1 aliphatic heterocycles. The Labute approximate surface area is 251 Å². The Morgan fingerprint density at radius 2 is 2.00 bits per heavy atom. The third kappa shape index (κ3) is 6.54. The van der Waals surface area contributed by atoms with Crippen molar-refractivity contribution in [3.63, 3.8) is 0 Å². The summed E-state index contributed by atoms with van der Waals surface area (Å²) in [6.45, 7) is 5.09. The van der Waals surface area contributed by atoms with Gasteiger partial charge in [-0.15, -0.1) is 0 Å². The van der Waals surface area contributed by atoms with Gasteiger partial charge < -0.3 is 24.7 Å². The van der Waals surface area contributed by atoms with E-state index in [9.17, 15) is 9.59 Å². The highest BCUT2D eigenvalue weighted by atomic mass is 35.5. The van der Waals surface area contributed by atoms with Gasteiger partial charge in [0.25, 0.3) is 5.91 Å². The molecule has 2 atom stereocenters. The van der Waals surface area contributed by atoms with Crippen LogP contribution in [0.1, 0.15) is 44.8 Å². The van der Waals surface area contributed by atoms with Crippen LogP contribution in [0.5, 0.6) is 0 Å². The number of hydrogen-bond donors (Lipinski definition) is 2. The minimum Gasteiger partial charge on any atom is -0.462 e. The van der Waals surface area contributed by atoms with Crippen molar-refractivity contribution in [2.24, 2.45) is 0 Å². The smallest absolute Gasteiger partial charge is 0.350 e. The van der Waals surface area contributed by atoms with Gasteiger partial charge in [0.15, 0.2) is 5.13 Å². The predicted molar refractivity (Wildman–Crippen MR) is 158 cm³/mol.